The van der Waals surface area contributed by atoms with Gasteiger partial charge in [0, 0.05) is 13.6 Å². The molecule has 0 aromatic carbocycles. The number of esters is 1. The first kappa shape index (κ1) is 18.9. The molecular formula is C12H24N2O5S. The van der Waals surface area contributed by atoms with Gasteiger partial charge >= 0.3 is 5.97 Å². The lowest BCUT2D eigenvalue weighted by molar-refractivity contribution is -0.141. The number of carbonyl (C=O) groups excluding carboxylic acids is 2. The highest BCUT2D eigenvalue weighted by Crippen LogP contribution is 2.08. The molecule has 0 fully saturated rings. The molecule has 0 aromatic heterocycles. The van der Waals surface area contributed by atoms with Crippen molar-refractivity contribution in [3.05, 3.63) is 0 Å². The fraction of sp³-hybridized carbons (Fsp3) is 0.833. The smallest absolute Gasteiger partial charge is 0.307 e. The van der Waals surface area contributed by atoms with Crippen LogP contribution in [0.5, 0.6) is 0 Å². The van der Waals surface area contributed by atoms with Crippen molar-refractivity contribution >= 4 is 21.9 Å². The standard InChI is InChI=1S/C12H24N2O5S/c1-9(2)8-10(13-20(5,17)18)12(16)14(3)7-6-11(15)19-4/h9-10,13H,6-8H2,1-5H3. The number of hydrogen-bond donors (Lipinski definition) is 1. The summed E-state index contributed by atoms with van der Waals surface area (Å²) in [5.41, 5.74) is 0. The predicted octanol–water partition coefficient (Wildman–Crippen LogP) is -0.0282. The van der Waals surface area contributed by atoms with E-state index in [1.165, 1.54) is 19.1 Å². The Morgan fingerprint density at radius 2 is 1.85 bits per heavy atom. The van der Waals surface area contributed by atoms with Gasteiger partial charge in [0.2, 0.25) is 15.9 Å². The number of amides is 1. The van der Waals surface area contributed by atoms with Crippen LogP contribution in [0.4, 0.5) is 0 Å². The van der Waals surface area contributed by atoms with E-state index in [0.29, 0.717) is 6.42 Å². The van der Waals surface area contributed by atoms with E-state index in [-0.39, 0.29) is 24.8 Å². The Morgan fingerprint density at radius 1 is 1.30 bits per heavy atom. The fourth-order valence-electron chi connectivity index (χ4n) is 1.67. The van der Waals surface area contributed by atoms with Crippen LogP contribution in [0, 0.1) is 5.92 Å². The molecule has 0 bridgehead atoms. The van der Waals surface area contributed by atoms with Gasteiger partial charge in [0.05, 0.1) is 19.8 Å². The Balaban J connectivity index is 4.71. The van der Waals surface area contributed by atoms with Crippen LogP contribution in [0.3, 0.4) is 0 Å². The molecule has 0 aliphatic carbocycles. The maximum Gasteiger partial charge on any atom is 0.307 e. The van der Waals surface area contributed by atoms with E-state index < -0.39 is 22.0 Å². The van der Waals surface area contributed by atoms with Crippen LogP contribution in [-0.4, -0.2) is 58.2 Å². The third kappa shape index (κ3) is 8.11. The first-order chi connectivity index (χ1) is 9.06. The van der Waals surface area contributed by atoms with E-state index in [2.05, 4.69) is 9.46 Å². The van der Waals surface area contributed by atoms with E-state index in [9.17, 15) is 18.0 Å². The second kappa shape index (κ2) is 8.21. The predicted molar refractivity (Wildman–Crippen MR) is 75.5 cm³/mol. The summed E-state index contributed by atoms with van der Waals surface area (Å²) in [7, 11) is -0.668. The summed E-state index contributed by atoms with van der Waals surface area (Å²) < 4.78 is 29.4. The van der Waals surface area contributed by atoms with Gasteiger partial charge in [-0.2, -0.15) is 0 Å². The first-order valence-electron chi connectivity index (χ1n) is 6.36. The van der Waals surface area contributed by atoms with Crippen LogP contribution in [0.2, 0.25) is 0 Å². The number of methoxy groups -OCH3 is 1. The first-order valence-corrected chi connectivity index (χ1v) is 8.25. The lowest BCUT2D eigenvalue weighted by atomic mass is 10.0. The Labute approximate surface area is 120 Å². The number of ether oxygens (including phenoxy) is 1. The second-order valence-electron chi connectivity index (χ2n) is 5.16. The summed E-state index contributed by atoms with van der Waals surface area (Å²) in [4.78, 5) is 24.6. The quantitative estimate of drug-likeness (QED) is 0.636. The largest absolute Gasteiger partial charge is 0.469 e. The normalized spacial score (nSPS) is 13.1. The molecular weight excluding hydrogens is 284 g/mol. The maximum absolute atomic E-state index is 12.2. The van der Waals surface area contributed by atoms with Gasteiger partial charge in [-0.1, -0.05) is 13.8 Å². The van der Waals surface area contributed by atoms with Crippen molar-refractivity contribution in [2.75, 3.05) is 27.0 Å². The van der Waals surface area contributed by atoms with E-state index in [1.54, 1.807) is 0 Å². The highest BCUT2D eigenvalue weighted by molar-refractivity contribution is 7.88. The zero-order valence-corrected chi connectivity index (χ0v) is 13.5. The number of rotatable bonds is 8. The second-order valence-corrected chi connectivity index (χ2v) is 6.94. The zero-order chi connectivity index (χ0) is 15.9. The molecule has 0 aromatic rings. The van der Waals surface area contributed by atoms with Gasteiger partial charge in [0.25, 0.3) is 0 Å². The molecule has 0 rings (SSSR count). The molecule has 0 spiro atoms. The minimum Gasteiger partial charge on any atom is -0.469 e. The van der Waals surface area contributed by atoms with Crippen LogP contribution in [-0.2, 0) is 24.3 Å². The molecule has 0 saturated heterocycles. The summed E-state index contributed by atoms with van der Waals surface area (Å²) in [6.45, 7) is 3.99. The van der Waals surface area contributed by atoms with Crippen LogP contribution < -0.4 is 4.72 Å². The Bertz CT molecular complexity index is 433. The lowest BCUT2D eigenvalue weighted by Crippen LogP contribution is -2.48. The van der Waals surface area contributed by atoms with E-state index in [4.69, 9.17) is 0 Å². The molecule has 1 atom stereocenters. The van der Waals surface area contributed by atoms with Crippen LogP contribution in [0.25, 0.3) is 0 Å². The van der Waals surface area contributed by atoms with Crippen molar-refractivity contribution < 1.29 is 22.7 Å². The van der Waals surface area contributed by atoms with Gasteiger partial charge in [0.1, 0.15) is 6.04 Å². The summed E-state index contributed by atoms with van der Waals surface area (Å²) in [6.07, 6.45) is 1.49. The van der Waals surface area contributed by atoms with Crippen molar-refractivity contribution in [1.29, 1.82) is 0 Å². The van der Waals surface area contributed by atoms with E-state index >= 15 is 0 Å². The van der Waals surface area contributed by atoms with E-state index in [0.717, 1.165) is 6.26 Å². The number of sulfonamides is 1. The monoisotopic (exact) mass is 308 g/mol. The van der Waals surface area contributed by atoms with Crippen molar-refractivity contribution in [2.24, 2.45) is 5.92 Å². The maximum atomic E-state index is 12.2. The minimum atomic E-state index is -3.47. The number of nitrogens with zero attached hydrogens (tertiary/aromatic N) is 1. The molecule has 0 saturated carbocycles. The molecule has 0 radical (unpaired) electrons. The molecule has 0 aliphatic heterocycles. The third-order valence-corrected chi connectivity index (χ3v) is 3.33. The summed E-state index contributed by atoms with van der Waals surface area (Å²) in [6, 6.07) is -0.812. The molecule has 118 valence electrons. The van der Waals surface area contributed by atoms with Gasteiger partial charge < -0.3 is 9.64 Å². The van der Waals surface area contributed by atoms with Gasteiger partial charge in [-0.05, 0) is 12.3 Å². The molecule has 8 heteroatoms. The summed E-state index contributed by atoms with van der Waals surface area (Å²) >= 11 is 0. The number of hydrogen-bond acceptors (Lipinski definition) is 5. The topological polar surface area (TPSA) is 92.8 Å². The SMILES string of the molecule is COC(=O)CCN(C)C(=O)C(CC(C)C)NS(C)(=O)=O. The zero-order valence-electron chi connectivity index (χ0n) is 12.7. The molecule has 20 heavy (non-hydrogen) atoms. The molecule has 1 amide bonds. The van der Waals surface area contributed by atoms with Crippen molar-refractivity contribution in [2.45, 2.75) is 32.7 Å². The third-order valence-electron chi connectivity index (χ3n) is 2.62. The average Bonchev–Trinajstić information content (AvgIpc) is 2.31. The van der Waals surface area contributed by atoms with Crippen molar-refractivity contribution in [3.8, 4) is 0 Å². The van der Waals surface area contributed by atoms with Crippen molar-refractivity contribution in [3.63, 3.8) is 0 Å². The molecule has 7 nitrogen and oxygen atoms in total. The fourth-order valence-corrected chi connectivity index (χ4v) is 2.38. The summed E-state index contributed by atoms with van der Waals surface area (Å²) in [5.74, 6) is -0.610. The van der Waals surface area contributed by atoms with Crippen LogP contribution in [0.15, 0.2) is 0 Å². The Morgan fingerprint density at radius 3 is 2.25 bits per heavy atom. The lowest BCUT2D eigenvalue weighted by Gasteiger charge is -2.24. The molecule has 1 N–H and O–H groups in total. The average molecular weight is 308 g/mol. The van der Waals surface area contributed by atoms with Gasteiger partial charge in [-0.15, -0.1) is 0 Å². The minimum absolute atomic E-state index is 0.0754. The molecule has 1 unspecified atom stereocenters. The Kier molecular flexibility index (Phi) is 7.74. The summed E-state index contributed by atoms with van der Waals surface area (Å²) in [5, 5.41) is 0. The van der Waals surface area contributed by atoms with Gasteiger partial charge in [-0.25, -0.2) is 13.1 Å². The number of nitrogens with one attached hydrogen (secondary N) is 1. The van der Waals surface area contributed by atoms with Crippen LogP contribution in [0.1, 0.15) is 26.7 Å². The highest BCUT2D eigenvalue weighted by atomic mass is 32.2. The number of carbonyl (C=O) groups is 2. The van der Waals surface area contributed by atoms with E-state index in [1.807, 2.05) is 13.8 Å². The number of likely N-dealkylation sites (N-methyl/N-ethyl adjacent to an activating group) is 1. The highest BCUT2D eigenvalue weighted by Gasteiger charge is 2.26. The Hall–Kier alpha value is -1.15. The van der Waals surface area contributed by atoms with Gasteiger partial charge in [-0.3, -0.25) is 9.59 Å². The van der Waals surface area contributed by atoms with Gasteiger partial charge in [0.15, 0.2) is 0 Å². The molecule has 0 heterocycles. The molecule has 0 aliphatic rings. The van der Waals surface area contributed by atoms with Crippen molar-refractivity contribution in [1.82, 2.24) is 9.62 Å². The van der Waals surface area contributed by atoms with Crippen LogP contribution >= 0.6 is 0 Å².